The van der Waals surface area contributed by atoms with Gasteiger partial charge >= 0.3 is 0 Å². The lowest BCUT2D eigenvalue weighted by Gasteiger charge is -2.48. The zero-order valence-electron chi connectivity index (χ0n) is 21.4. The molecule has 35 heavy (non-hydrogen) atoms. The van der Waals surface area contributed by atoms with Crippen LogP contribution in [0.4, 0.5) is 0 Å². The van der Waals surface area contributed by atoms with Crippen molar-refractivity contribution in [3.8, 4) is 11.1 Å². The number of aliphatic imine (C=N–C) groups is 1. The van der Waals surface area contributed by atoms with E-state index in [0.717, 1.165) is 38.2 Å². The second-order valence-corrected chi connectivity index (χ2v) is 9.29. The van der Waals surface area contributed by atoms with Crippen molar-refractivity contribution in [3.63, 3.8) is 0 Å². The molecule has 2 unspecified atom stereocenters. The Balaban J connectivity index is 1.44. The third-order valence-corrected chi connectivity index (χ3v) is 6.91. The number of unbranched alkanes of at least 4 members (excludes halogenated alkanes) is 1. The third-order valence-electron chi connectivity index (χ3n) is 6.91. The van der Waals surface area contributed by atoms with E-state index in [1.165, 1.54) is 28.5 Å². The van der Waals surface area contributed by atoms with Gasteiger partial charge in [0.25, 0.3) is 0 Å². The highest BCUT2D eigenvalue weighted by Crippen LogP contribution is 2.35. The number of likely N-dealkylation sites (tertiary alicyclic amines) is 1. The summed E-state index contributed by atoms with van der Waals surface area (Å²) in [6.07, 6.45) is 7.42. The van der Waals surface area contributed by atoms with Gasteiger partial charge in [0.2, 0.25) is 5.91 Å². The minimum atomic E-state index is 0.0649. The summed E-state index contributed by atoms with van der Waals surface area (Å²) < 4.78 is 0. The van der Waals surface area contributed by atoms with Crippen molar-refractivity contribution >= 4 is 11.6 Å². The van der Waals surface area contributed by atoms with Crippen LogP contribution < -0.4 is 0 Å². The van der Waals surface area contributed by atoms with Crippen LogP contribution in [0.1, 0.15) is 43.2 Å². The summed E-state index contributed by atoms with van der Waals surface area (Å²) in [4.78, 5) is 20.8. The zero-order valence-corrected chi connectivity index (χ0v) is 21.4. The lowest BCUT2D eigenvalue weighted by atomic mass is 9.82. The lowest BCUT2D eigenvalue weighted by molar-refractivity contribution is -0.128. The number of aryl methyl sites for hydroxylation is 1. The number of allylic oxidation sites excluding steroid dienone is 2. The molecular formula is C30H39N3O2. The quantitative estimate of drug-likeness (QED) is 0.340. The van der Waals surface area contributed by atoms with E-state index in [2.05, 4.69) is 71.9 Å². The molecule has 0 bridgehead atoms. The van der Waals surface area contributed by atoms with Crippen LogP contribution >= 0.6 is 0 Å². The summed E-state index contributed by atoms with van der Waals surface area (Å²) in [5.74, 6) is 0.430. The average molecular weight is 474 g/mol. The number of carbonyl (C=O) groups is 1. The maximum absolute atomic E-state index is 12.5. The molecule has 0 aromatic heterocycles. The molecule has 0 radical (unpaired) electrons. The van der Waals surface area contributed by atoms with Gasteiger partial charge in [-0.3, -0.25) is 14.7 Å². The van der Waals surface area contributed by atoms with Crippen molar-refractivity contribution in [2.45, 2.75) is 45.1 Å². The van der Waals surface area contributed by atoms with Gasteiger partial charge in [-0.05, 0) is 61.6 Å². The maximum Gasteiger partial charge on any atom is 0.228 e. The Bertz CT molecular complexity index is 1040. The normalized spacial score (nSPS) is 18.5. The number of benzene rings is 2. The average Bonchev–Trinajstić information content (AvgIpc) is 2.84. The van der Waals surface area contributed by atoms with E-state index < -0.39 is 0 Å². The largest absolute Gasteiger partial charge is 0.395 e. The van der Waals surface area contributed by atoms with E-state index >= 15 is 0 Å². The van der Waals surface area contributed by atoms with E-state index in [-0.39, 0.29) is 25.0 Å². The Kier molecular flexibility index (Phi) is 10.0. The van der Waals surface area contributed by atoms with Gasteiger partial charge in [0.1, 0.15) is 0 Å². The number of carbonyl (C=O) groups excluding carboxylic acids is 1. The van der Waals surface area contributed by atoms with Crippen molar-refractivity contribution in [1.82, 2.24) is 9.80 Å². The van der Waals surface area contributed by atoms with Gasteiger partial charge in [-0.2, -0.15) is 0 Å². The first-order valence-corrected chi connectivity index (χ1v) is 12.5. The predicted molar refractivity (Wildman–Crippen MR) is 146 cm³/mol. The van der Waals surface area contributed by atoms with Gasteiger partial charge < -0.3 is 10.0 Å². The second kappa shape index (κ2) is 13.2. The molecule has 2 aromatic carbocycles. The number of aliphatic hydroxyl groups excluding tert-OH is 1. The molecule has 2 aromatic rings. The minimum Gasteiger partial charge on any atom is -0.395 e. The summed E-state index contributed by atoms with van der Waals surface area (Å²) in [6, 6.07) is 17.4. The molecule has 1 aliphatic rings. The van der Waals surface area contributed by atoms with Crippen LogP contribution in [-0.4, -0.2) is 65.9 Å². The molecule has 1 amide bonds. The fraction of sp³-hybridized carbons (Fsp3) is 0.400. The van der Waals surface area contributed by atoms with Crippen LogP contribution in [0.3, 0.4) is 0 Å². The van der Waals surface area contributed by atoms with Crippen LogP contribution in [0.5, 0.6) is 0 Å². The summed E-state index contributed by atoms with van der Waals surface area (Å²) in [5, 5.41) is 10.0. The van der Waals surface area contributed by atoms with Gasteiger partial charge in [0, 0.05) is 44.0 Å². The van der Waals surface area contributed by atoms with Crippen molar-refractivity contribution in [3.05, 3.63) is 84.6 Å². The molecular weight excluding hydrogens is 434 g/mol. The Morgan fingerprint density at radius 3 is 2.60 bits per heavy atom. The highest BCUT2D eigenvalue weighted by Gasteiger charge is 2.38. The highest BCUT2D eigenvalue weighted by atomic mass is 16.3. The monoisotopic (exact) mass is 473 g/mol. The van der Waals surface area contributed by atoms with Gasteiger partial charge in [-0.15, -0.1) is 0 Å². The molecule has 0 saturated carbocycles. The van der Waals surface area contributed by atoms with Crippen molar-refractivity contribution in [2.75, 3.05) is 33.3 Å². The number of nitrogens with zero attached hydrogens (tertiary/aromatic N) is 3. The predicted octanol–water partition coefficient (Wildman–Crippen LogP) is 5.21. The zero-order chi connectivity index (χ0) is 25.2. The molecule has 1 N–H and O–H groups in total. The molecule has 186 valence electrons. The topological polar surface area (TPSA) is 56.1 Å². The number of hydrogen-bond acceptors (Lipinski definition) is 4. The molecule has 1 heterocycles. The van der Waals surface area contributed by atoms with Crippen molar-refractivity contribution in [1.29, 1.82) is 0 Å². The molecule has 2 atom stereocenters. The number of aliphatic hydroxyl groups is 1. The molecule has 1 aliphatic heterocycles. The third kappa shape index (κ3) is 7.00. The van der Waals surface area contributed by atoms with Gasteiger partial charge in [-0.1, -0.05) is 61.2 Å². The molecule has 0 aliphatic carbocycles. The Morgan fingerprint density at radius 1 is 1.20 bits per heavy atom. The summed E-state index contributed by atoms with van der Waals surface area (Å²) >= 11 is 0. The number of rotatable bonds is 12. The Hall–Kier alpha value is -3.02. The van der Waals surface area contributed by atoms with E-state index in [0.29, 0.717) is 5.92 Å². The summed E-state index contributed by atoms with van der Waals surface area (Å²) in [5.41, 5.74) is 5.79. The van der Waals surface area contributed by atoms with Gasteiger partial charge in [0.15, 0.2) is 0 Å². The van der Waals surface area contributed by atoms with Crippen LogP contribution in [0.15, 0.2) is 78.5 Å². The van der Waals surface area contributed by atoms with Gasteiger partial charge in [-0.25, -0.2) is 0 Å². The van der Waals surface area contributed by atoms with E-state index in [9.17, 15) is 9.90 Å². The van der Waals surface area contributed by atoms with Crippen molar-refractivity contribution < 1.29 is 9.90 Å². The lowest BCUT2D eigenvalue weighted by Crippen LogP contribution is -2.56. The van der Waals surface area contributed by atoms with E-state index in [4.69, 9.17) is 0 Å². The fourth-order valence-corrected chi connectivity index (χ4v) is 4.80. The minimum absolute atomic E-state index is 0.0649. The Morgan fingerprint density at radius 2 is 1.94 bits per heavy atom. The summed E-state index contributed by atoms with van der Waals surface area (Å²) in [6.45, 7) is 10.5. The SMILES string of the molecule is C=CN=C(/C=C\C)CC(=O)N(C)CCCCN1CC(c2ccc(-c3ccccc3C)cc2)C1CO. The standard InChI is InChI=1S/C30H39N3O2/c1-5-11-26(31-6-2)20-30(35)32(4)18-9-10-19-33-21-28(29(33)22-34)25-16-14-24(15-17-25)27-13-8-7-12-23(27)3/h5-8,11-17,28-29,34H,2,9-10,18-22H2,1,3-4H3/b11-5-,31-26?. The smallest absolute Gasteiger partial charge is 0.228 e. The second-order valence-electron chi connectivity index (χ2n) is 9.29. The van der Waals surface area contributed by atoms with E-state index in [1.54, 1.807) is 4.90 Å². The van der Waals surface area contributed by atoms with Crippen molar-refractivity contribution in [2.24, 2.45) is 4.99 Å². The molecule has 1 saturated heterocycles. The summed E-state index contributed by atoms with van der Waals surface area (Å²) in [7, 11) is 1.85. The first-order chi connectivity index (χ1) is 17.0. The van der Waals surface area contributed by atoms with E-state index in [1.807, 2.05) is 26.1 Å². The maximum atomic E-state index is 12.5. The fourth-order valence-electron chi connectivity index (χ4n) is 4.80. The van der Waals surface area contributed by atoms with Crippen LogP contribution in [-0.2, 0) is 4.79 Å². The number of amides is 1. The van der Waals surface area contributed by atoms with Crippen LogP contribution in [0, 0.1) is 6.92 Å². The van der Waals surface area contributed by atoms with Crippen LogP contribution in [0.2, 0.25) is 0 Å². The Labute approximate surface area is 210 Å². The molecule has 5 nitrogen and oxygen atoms in total. The first kappa shape index (κ1) is 26.6. The first-order valence-electron chi connectivity index (χ1n) is 12.5. The molecule has 1 fully saturated rings. The van der Waals surface area contributed by atoms with Crippen LogP contribution in [0.25, 0.3) is 11.1 Å². The molecule has 0 spiro atoms. The highest BCUT2D eigenvalue weighted by molar-refractivity contribution is 6.07. The van der Waals surface area contributed by atoms with Gasteiger partial charge in [0.05, 0.1) is 13.0 Å². The molecule has 5 heteroatoms. The molecule has 3 rings (SSSR count). The number of hydrogen-bond donors (Lipinski definition) is 1.